The second kappa shape index (κ2) is 13.0. The molecule has 1 aliphatic heterocycles. The number of aliphatic imine (C=N–C) groups is 1. The Morgan fingerprint density at radius 3 is 2.67 bits per heavy atom. The first-order chi connectivity index (χ1) is 10.9. The van der Waals surface area contributed by atoms with Crippen molar-refractivity contribution in [2.45, 2.75) is 45.3 Å². The van der Waals surface area contributed by atoms with Gasteiger partial charge in [0.15, 0.2) is 5.96 Å². The Morgan fingerprint density at radius 2 is 2.04 bits per heavy atom. The highest BCUT2D eigenvalue weighted by atomic mass is 127. The van der Waals surface area contributed by atoms with Gasteiger partial charge in [-0.15, -0.1) is 24.0 Å². The lowest BCUT2D eigenvalue weighted by atomic mass is 10.3. The van der Waals surface area contributed by atoms with Crippen LogP contribution in [0.2, 0.25) is 0 Å². The van der Waals surface area contributed by atoms with Crippen LogP contribution in [0.15, 0.2) is 4.99 Å². The van der Waals surface area contributed by atoms with Crippen LogP contribution in [-0.4, -0.2) is 69.0 Å². The first-order valence-electron chi connectivity index (χ1n) is 8.36. The van der Waals surface area contributed by atoms with Crippen LogP contribution < -0.4 is 10.6 Å². The van der Waals surface area contributed by atoms with Crippen molar-refractivity contribution in [1.82, 2.24) is 15.5 Å². The summed E-state index contributed by atoms with van der Waals surface area (Å²) in [5.74, 6) is 0.644. The molecule has 0 amide bonds. The molecule has 0 aromatic heterocycles. The zero-order valence-corrected chi connectivity index (χ0v) is 16.8. The van der Waals surface area contributed by atoms with E-state index in [9.17, 15) is 13.2 Å². The van der Waals surface area contributed by atoms with Gasteiger partial charge in [-0.05, 0) is 19.8 Å². The molecule has 1 unspecified atom stereocenters. The standard InChI is InChI=1S/C15H29F3N4O.HI/c1-3-5-9-23-10-7-20-14(19-4-2)21-13-6-8-22(11-13)12-15(16,17)18;/h13H,3-12H2,1-2H3,(H2,19,20,21);1H. The molecule has 0 spiro atoms. The van der Waals surface area contributed by atoms with Gasteiger partial charge in [0.25, 0.3) is 0 Å². The van der Waals surface area contributed by atoms with Crippen LogP contribution in [0.3, 0.4) is 0 Å². The van der Waals surface area contributed by atoms with Crippen molar-refractivity contribution < 1.29 is 17.9 Å². The Balaban J connectivity index is 0.00000529. The molecule has 1 aliphatic rings. The number of halogens is 4. The quantitative estimate of drug-likeness (QED) is 0.238. The molecule has 24 heavy (non-hydrogen) atoms. The Morgan fingerprint density at radius 1 is 1.29 bits per heavy atom. The van der Waals surface area contributed by atoms with Gasteiger partial charge in [0.05, 0.1) is 19.7 Å². The van der Waals surface area contributed by atoms with E-state index in [2.05, 4.69) is 22.5 Å². The van der Waals surface area contributed by atoms with Crippen molar-refractivity contribution in [2.75, 3.05) is 45.9 Å². The third-order valence-corrected chi connectivity index (χ3v) is 3.51. The van der Waals surface area contributed by atoms with Gasteiger partial charge in [-0.1, -0.05) is 13.3 Å². The Bertz CT molecular complexity index is 356. The van der Waals surface area contributed by atoms with Crippen LogP contribution in [0.5, 0.6) is 0 Å². The summed E-state index contributed by atoms with van der Waals surface area (Å²) < 4.78 is 42.6. The molecular weight excluding hydrogens is 436 g/mol. The summed E-state index contributed by atoms with van der Waals surface area (Å²) in [6.45, 7) is 6.61. The second-order valence-electron chi connectivity index (χ2n) is 5.71. The van der Waals surface area contributed by atoms with E-state index < -0.39 is 12.7 Å². The van der Waals surface area contributed by atoms with Crippen LogP contribution in [0.1, 0.15) is 33.1 Å². The second-order valence-corrected chi connectivity index (χ2v) is 5.71. The molecule has 0 bridgehead atoms. The average molecular weight is 466 g/mol. The van der Waals surface area contributed by atoms with Gasteiger partial charge in [0.1, 0.15) is 0 Å². The molecule has 0 aromatic carbocycles. The van der Waals surface area contributed by atoms with Crippen LogP contribution in [-0.2, 0) is 4.74 Å². The first kappa shape index (κ1) is 23.7. The predicted octanol–water partition coefficient (Wildman–Crippen LogP) is 2.61. The van der Waals surface area contributed by atoms with Crippen molar-refractivity contribution in [3.8, 4) is 0 Å². The fourth-order valence-electron chi connectivity index (χ4n) is 2.43. The molecule has 0 saturated carbocycles. The molecule has 1 rings (SSSR count). The van der Waals surface area contributed by atoms with Crippen molar-refractivity contribution in [2.24, 2.45) is 4.99 Å². The van der Waals surface area contributed by atoms with Crippen molar-refractivity contribution >= 4 is 29.9 Å². The molecule has 9 heteroatoms. The summed E-state index contributed by atoms with van der Waals surface area (Å²) in [5.41, 5.74) is 0. The van der Waals surface area contributed by atoms with E-state index in [4.69, 9.17) is 4.74 Å². The van der Waals surface area contributed by atoms with Gasteiger partial charge >= 0.3 is 6.18 Å². The molecule has 1 saturated heterocycles. The summed E-state index contributed by atoms with van der Waals surface area (Å²) in [6, 6.07) is -0.00356. The molecule has 2 N–H and O–H groups in total. The van der Waals surface area contributed by atoms with Gasteiger partial charge in [0, 0.05) is 32.3 Å². The maximum absolute atomic E-state index is 12.4. The molecule has 0 aliphatic carbocycles. The monoisotopic (exact) mass is 466 g/mol. The zero-order valence-electron chi connectivity index (χ0n) is 14.5. The van der Waals surface area contributed by atoms with Crippen LogP contribution in [0.4, 0.5) is 13.2 Å². The number of hydrogen-bond donors (Lipinski definition) is 2. The van der Waals surface area contributed by atoms with E-state index in [0.29, 0.717) is 45.2 Å². The van der Waals surface area contributed by atoms with E-state index >= 15 is 0 Å². The fraction of sp³-hybridized carbons (Fsp3) is 0.933. The Hall–Kier alpha value is -0.290. The molecule has 144 valence electrons. The number of nitrogens with zero attached hydrogens (tertiary/aromatic N) is 2. The predicted molar refractivity (Wildman–Crippen MR) is 101 cm³/mol. The zero-order chi connectivity index (χ0) is 17.1. The Kier molecular flexibility index (Phi) is 12.8. The fourth-order valence-corrected chi connectivity index (χ4v) is 2.43. The topological polar surface area (TPSA) is 48.9 Å². The summed E-state index contributed by atoms with van der Waals surface area (Å²) in [4.78, 5) is 5.83. The molecule has 1 atom stereocenters. The number of nitrogens with one attached hydrogen (secondary N) is 2. The molecule has 1 heterocycles. The smallest absolute Gasteiger partial charge is 0.380 e. The molecule has 1 fully saturated rings. The molecular formula is C15H30F3IN4O. The van der Waals surface area contributed by atoms with E-state index in [1.165, 1.54) is 4.90 Å². The first-order valence-corrected chi connectivity index (χ1v) is 8.36. The van der Waals surface area contributed by atoms with Gasteiger partial charge in [-0.3, -0.25) is 9.89 Å². The number of hydrogen-bond acceptors (Lipinski definition) is 3. The van der Waals surface area contributed by atoms with E-state index in [1.807, 2.05) is 6.92 Å². The highest BCUT2D eigenvalue weighted by Gasteiger charge is 2.34. The van der Waals surface area contributed by atoms with Crippen molar-refractivity contribution in [3.05, 3.63) is 0 Å². The van der Waals surface area contributed by atoms with E-state index in [-0.39, 0.29) is 30.0 Å². The number of ether oxygens (including phenoxy) is 1. The number of unbranched alkanes of at least 4 members (excludes halogenated alkanes) is 1. The number of guanidine groups is 1. The van der Waals surface area contributed by atoms with E-state index in [0.717, 1.165) is 19.4 Å². The maximum atomic E-state index is 12.4. The third kappa shape index (κ3) is 11.3. The molecule has 0 aromatic rings. The van der Waals surface area contributed by atoms with Crippen LogP contribution in [0, 0.1) is 0 Å². The lowest BCUT2D eigenvalue weighted by Gasteiger charge is -2.19. The van der Waals surface area contributed by atoms with Gasteiger partial charge in [0.2, 0.25) is 0 Å². The SMILES string of the molecule is CCCCOCCN=C(NCC)NC1CCN(CC(F)(F)F)C1.I. The minimum absolute atomic E-state index is 0. The minimum Gasteiger partial charge on any atom is -0.380 e. The minimum atomic E-state index is -4.14. The van der Waals surface area contributed by atoms with Crippen molar-refractivity contribution in [1.29, 1.82) is 0 Å². The van der Waals surface area contributed by atoms with Crippen LogP contribution in [0.25, 0.3) is 0 Å². The lowest BCUT2D eigenvalue weighted by Crippen LogP contribution is -2.45. The highest BCUT2D eigenvalue weighted by Crippen LogP contribution is 2.19. The normalized spacial score (nSPS) is 19.2. The molecule has 0 radical (unpaired) electrons. The number of alkyl halides is 3. The van der Waals surface area contributed by atoms with Gasteiger partial charge in [-0.25, -0.2) is 0 Å². The summed E-state index contributed by atoms with van der Waals surface area (Å²) in [6.07, 6.45) is -1.31. The van der Waals surface area contributed by atoms with Gasteiger partial charge in [-0.2, -0.15) is 13.2 Å². The summed E-state index contributed by atoms with van der Waals surface area (Å²) in [7, 11) is 0. The Labute approximate surface area is 159 Å². The third-order valence-electron chi connectivity index (χ3n) is 3.51. The maximum Gasteiger partial charge on any atom is 0.401 e. The van der Waals surface area contributed by atoms with E-state index in [1.54, 1.807) is 0 Å². The van der Waals surface area contributed by atoms with Crippen molar-refractivity contribution in [3.63, 3.8) is 0 Å². The highest BCUT2D eigenvalue weighted by molar-refractivity contribution is 14.0. The molecule has 5 nitrogen and oxygen atoms in total. The number of likely N-dealkylation sites (tertiary alicyclic amines) is 1. The van der Waals surface area contributed by atoms with Crippen LogP contribution >= 0.6 is 24.0 Å². The summed E-state index contributed by atoms with van der Waals surface area (Å²) >= 11 is 0. The average Bonchev–Trinajstić information content (AvgIpc) is 2.87. The van der Waals surface area contributed by atoms with Gasteiger partial charge < -0.3 is 15.4 Å². The lowest BCUT2D eigenvalue weighted by molar-refractivity contribution is -0.143. The number of rotatable bonds is 9. The summed E-state index contributed by atoms with van der Waals surface area (Å²) in [5, 5.41) is 6.33. The largest absolute Gasteiger partial charge is 0.401 e.